The number of rotatable bonds is 4. The van der Waals surface area contributed by atoms with Gasteiger partial charge in [0.1, 0.15) is 0 Å². The molecule has 0 unspecified atom stereocenters. The van der Waals surface area contributed by atoms with Crippen molar-refractivity contribution in [1.82, 2.24) is 14.9 Å². The minimum atomic E-state index is -0.854. The summed E-state index contributed by atoms with van der Waals surface area (Å²) in [7, 11) is 0. The number of nitrogens with zero attached hydrogens (tertiary/aromatic N) is 4. The Morgan fingerprint density at radius 1 is 1.56 bits per heavy atom. The van der Waals surface area contributed by atoms with Crippen molar-refractivity contribution >= 4 is 23.4 Å². The average molecular weight is 240 g/mol. The first kappa shape index (κ1) is 11.1. The zero-order valence-corrected chi connectivity index (χ0v) is 9.70. The van der Waals surface area contributed by atoms with Gasteiger partial charge in [-0.1, -0.05) is 18.7 Å². The molecule has 7 heteroatoms. The normalized spacial score (nSPS) is 14.4. The van der Waals surface area contributed by atoms with Gasteiger partial charge < -0.3 is 5.11 Å². The molecule has 1 aliphatic heterocycles. The molecule has 16 heavy (non-hydrogen) atoms. The van der Waals surface area contributed by atoms with Crippen LogP contribution in [-0.4, -0.2) is 37.4 Å². The molecule has 0 saturated heterocycles. The van der Waals surface area contributed by atoms with E-state index in [9.17, 15) is 4.79 Å². The molecule has 6 nitrogen and oxygen atoms in total. The predicted molar refractivity (Wildman–Crippen MR) is 59.8 cm³/mol. The van der Waals surface area contributed by atoms with Crippen molar-refractivity contribution in [2.45, 2.75) is 31.3 Å². The SMILES string of the molecule is CCCc1nnc2n1N=C(CC(=O)O)CS2. The molecule has 2 heterocycles. The summed E-state index contributed by atoms with van der Waals surface area (Å²) in [5, 5.41) is 21.8. The second kappa shape index (κ2) is 4.65. The third kappa shape index (κ3) is 2.24. The number of carboxylic acid groups (broad SMARTS) is 1. The van der Waals surface area contributed by atoms with Gasteiger partial charge in [-0.15, -0.1) is 10.2 Å². The molecule has 0 fully saturated rings. The maximum atomic E-state index is 10.6. The molecular formula is C9H12N4O2S. The molecule has 0 atom stereocenters. The molecule has 1 aromatic heterocycles. The van der Waals surface area contributed by atoms with Gasteiger partial charge in [-0.25, -0.2) is 0 Å². The van der Waals surface area contributed by atoms with Crippen molar-refractivity contribution in [3.63, 3.8) is 0 Å². The molecule has 86 valence electrons. The number of thioether (sulfide) groups is 1. The van der Waals surface area contributed by atoms with Crippen LogP contribution in [0.5, 0.6) is 0 Å². The molecule has 0 saturated carbocycles. The Balaban J connectivity index is 2.25. The molecular weight excluding hydrogens is 228 g/mol. The van der Waals surface area contributed by atoms with Crippen LogP contribution in [-0.2, 0) is 11.2 Å². The lowest BCUT2D eigenvalue weighted by Crippen LogP contribution is -2.16. The Labute approximate surface area is 96.8 Å². The van der Waals surface area contributed by atoms with Crippen LogP contribution >= 0.6 is 11.8 Å². The molecule has 1 N–H and O–H groups in total. The molecule has 1 aliphatic rings. The summed E-state index contributed by atoms with van der Waals surface area (Å²) in [5.74, 6) is 0.525. The minimum Gasteiger partial charge on any atom is -0.481 e. The first-order chi connectivity index (χ1) is 7.70. The average Bonchev–Trinajstić information content (AvgIpc) is 2.61. The second-order valence-corrected chi connectivity index (χ2v) is 4.43. The number of hydrogen-bond donors (Lipinski definition) is 1. The van der Waals surface area contributed by atoms with E-state index >= 15 is 0 Å². The Hall–Kier alpha value is -1.37. The zero-order valence-electron chi connectivity index (χ0n) is 8.88. The molecule has 0 radical (unpaired) electrons. The van der Waals surface area contributed by atoms with E-state index < -0.39 is 5.97 Å². The van der Waals surface area contributed by atoms with Gasteiger partial charge >= 0.3 is 5.97 Å². The van der Waals surface area contributed by atoms with E-state index in [-0.39, 0.29) is 6.42 Å². The van der Waals surface area contributed by atoms with Crippen molar-refractivity contribution in [3.05, 3.63) is 5.82 Å². The predicted octanol–water partition coefficient (Wildman–Crippen LogP) is 1.02. The van der Waals surface area contributed by atoms with Crippen molar-refractivity contribution < 1.29 is 9.90 Å². The lowest BCUT2D eigenvalue weighted by atomic mass is 10.3. The highest BCUT2D eigenvalue weighted by atomic mass is 32.2. The van der Waals surface area contributed by atoms with Gasteiger partial charge in [0.15, 0.2) is 5.82 Å². The van der Waals surface area contributed by atoms with E-state index in [0.717, 1.165) is 23.8 Å². The standard InChI is InChI=1S/C9H12N4O2S/c1-2-3-7-10-11-9-13(7)12-6(5-16-9)4-8(14)15/h2-5H2,1H3,(H,14,15). The van der Waals surface area contributed by atoms with E-state index in [1.165, 1.54) is 11.8 Å². The van der Waals surface area contributed by atoms with Gasteiger partial charge in [-0.2, -0.15) is 9.78 Å². The van der Waals surface area contributed by atoms with Crippen LogP contribution in [0.4, 0.5) is 0 Å². The van der Waals surface area contributed by atoms with Crippen molar-refractivity contribution in [2.24, 2.45) is 5.10 Å². The molecule has 0 bridgehead atoms. The van der Waals surface area contributed by atoms with Crippen molar-refractivity contribution in [1.29, 1.82) is 0 Å². The first-order valence-electron chi connectivity index (χ1n) is 5.06. The van der Waals surface area contributed by atoms with Gasteiger partial charge in [0.05, 0.1) is 12.1 Å². The first-order valence-corrected chi connectivity index (χ1v) is 6.05. The number of carboxylic acids is 1. The van der Waals surface area contributed by atoms with Crippen LogP contribution in [0, 0.1) is 0 Å². The van der Waals surface area contributed by atoms with Gasteiger partial charge in [-0.05, 0) is 6.42 Å². The Kier molecular flexibility index (Phi) is 3.23. The Morgan fingerprint density at radius 2 is 2.38 bits per heavy atom. The van der Waals surface area contributed by atoms with Crippen LogP contribution < -0.4 is 0 Å². The molecule has 0 aliphatic carbocycles. The fraction of sp³-hybridized carbons (Fsp3) is 0.556. The monoisotopic (exact) mass is 240 g/mol. The summed E-state index contributed by atoms with van der Waals surface area (Å²) in [6, 6.07) is 0. The van der Waals surface area contributed by atoms with Crippen LogP contribution in [0.15, 0.2) is 10.3 Å². The summed E-state index contributed by atoms with van der Waals surface area (Å²) >= 11 is 1.48. The number of aliphatic carboxylic acids is 1. The maximum absolute atomic E-state index is 10.6. The smallest absolute Gasteiger partial charge is 0.309 e. The fourth-order valence-corrected chi connectivity index (χ4v) is 2.27. The molecule has 0 spiro atoms. The largest absolute Gasteiger partial charge is 0.481 e. The Morgan fingerprint density at radius 3 is 3.06 bits per heavy atom. The summed E-state index contributed by atoms with van der Waals surface area (Å²) in [5.41, 5.74) is 0.655. The van der Waals surface area contributed by atoms with Crippen LogP contribution in [0.3, 0.4) is 0 Å². The third-order valence-corrected chi connectivity index (χ3v) is 3.11. The molecule has 2 rings (SSSR count). The topological polar surface area (TPSA) is 80.4 Å². The van der Waals surface area contributed by atoms with Gasteiger partial charge in [0, 0.05) is 12.2 Å². The highest BCUT2D eigenvalue weighted by Gasteiger charge is 2.19. The van der Waals surface area contributed by atoms with Gasteiger partial charge in [-0.3, -0.25) is 4.79 Å². The van der Waals surface area contributed by atoms with Crippen LogP contribution in [0.1, 0.15) is 25.6 Å². The molecule has 0 aromatic carbocycles. The van der Waals surface area contributed by atoms with Gasteiger partial charge in [0.2, 0.25) is 5.16 Å². The van der Waals surface area contributed by atoms with E-state index in [2.05, 4.69) is 22.2 Å². The molecule has 1 aromatic rings. The zero-order chi connectivity index (χ0) is 11.5. The van der Waals surface area contributed by atoms with E-state index in [4.69, 9.17) is 5.11 Å². The Bertz CT molecular complexity index is 441. The lowest BCUT2D eigenvalue weighted by Gasteiger charge is -2.11. The third-order valence-electron chi connectivity index (χ3n) is 2.11. The second-order valence-electron chi connectivity index (χ2n) is 3.49. The van der Waals surface area contributed by atoms with Gasteiger partial charge in [0.25, 0.3) is 0 Å². The summed E-state index contributed by atoms with van der Waals surface area (Å²) in [6.07, 6.45) is 1.75. The number of carbonyl (C=O) groups is 1. The lowest BCUT2D eigenvalue weighted by molar-refractivity contribution is -0.135. The van der Waals surface area contributed by atoms with E-state index in [1.807, 2.05) is 0 Å². The maximum Gasteiger partial charge on any atom is 0.309 e. The number of hydrogen-bond acceptors (Lipinski definition) is 5. The molecule has 0 amide bonds. The minimum absolute atomic E-state index is 0.0177. The van der Waals surface area contributed by atoms with Crippen molar-refractivity contribution in [2.75, 3.05) is 5.75 Å². The number of aromatic nitrogens is 3. The highest BCUT2D eigenvalue weighted by molar-refractivity contribution is 7.99. The summed E-state index contributed by atoms with van der Waals surface area (Å²) in [4.78, 5) is 10.6. The number of aryl methyl sites for hydroxylation is 1. The van der Waals surface area contributed by atoms with Crippen LogP contribution in [0.2, 0.25) is 0 Å². The summed E-state index contributed by atoms with van der Waals surface area (Å²) < 4.78 is 1.66. The fourth-order valence-electron chi connectivity index (χ4n) is 1.44. The quantitative estimate of drug-likeness (QED) is 0.849. The number of fused-ring (bicyclic) bond motifs is 1. The summed E-state index contributed by atoms with van der Waals surface area (Å²) in [6.45, 7) is 2.06. The van der Waals surface area contributed by atoms with E-state index in [0.29, 0.717) is 11.5 Å². The van der Waals surface area contributed by atoms with Crippen molar-refractivity contribution in [3.8, 4) is 0 Å². The van der Waals surface area contributed by atoms with Crippen LogP contribution in [0.25, 0.3) is 0 Å². The van der Waals surface area contributed by atoms with E-state index in [1.54, 1.807) is 4.68 Å². The highest BCUT2D eigenvalue weighted by Crippen LogP contribution is 2.22.